The van der Waals surface area contributed by atoms with Crippen LogP contribution in [0, 0.1) is 10.1 Å². The van der Waals surface area contributed by atoms with E-state index in [1.165, 1.54) is 19.4 Å². The van der Waals surface area contributed by atoms with Gasteiger partial charge < -0.3 is 15.4 Å². The molecule has 0 spiro atoms. The first-order valence-electron chi connectivity index (χ1n) is 7.82. The average molecular weight is 401 g/mol. The molecule has 0 unspecified atom stereocenters. The fourth-order valence-electron chi connectivity index (χ4n) is 2.31. The van der Waals surface area contributed by atoms with Crippen molar-refractivity contribution in [2.45, 2.75) is 0 Å². The SMILES string of the molecule is COC(=O)c1ccccc1Nc1ncnc(Nc2ccc(Cl)cn2)c1[N+](=O)[O-]. The van der Waals surface area contributed by atoms with Gasteiger partial charge in [0.05, 0.1) is 28.3 Å². The fourth-order valence-corrected chi connectivity index (χ4v) is 2.43. The standard InChI is InChI=1S/C17H13ClN6O4/c1-28-17(25)11-4-2-3-5-12(11)22-15-14(24(26)27)16(21-9-20-15)23-13-7-6-10(18)8-19-13/h2-9H,1H3,(H2,19,20,21,22,23). The third kappa shape index (κ3) is 4.13. The minimum Gasteiger partial charge on any atom is -0.465 e. The quantitative estimate of drug-likeness (QED) is 0.361. The van der Waals surface area contributed by atoms with E-state index in [1.54, 1.807) is 30.3 Å². The molecule has 2 aromatic heterocycles. The van der Waals surface area contributed by atoms with Crippen LogP contribution in [0.15, 0.2) is 48.9 Å². The van der Waals surface area contributed by atoms with Crippen LogP contribution in [-0.2, 0) is 4.74 Å². The van der Waals surface area contributed by atoms with Crippen molar-refractivity contribution in [2.75, 3.05) is 17.7 Å². The third-order valence-electron chi connectivity index (χ3n) is 3.56. The van der Waals surface area contributed by atoms with E-state index in [4.69, 9.17) is 16.3 Å². The molecule has 1 aromatic carbocycles. The van der Waals surface area contributed by atoms with Crippen molar-refractivity contribution >= 4 is 46.4 Å². The van der Waals surface area contributed by atoms with Gasteiger partial charge in [-0.3, -0.25) is 10.1 Å². The number of anilines is 4. The van der Waals surface area contributed by atoms with Crippen LogP contribution in [0.4, 0.5) is 28.8 Å². The zero-order chi connectivity index (χ0) is 20.1. The van der Waals surface area contributed by atoms with Gasteiger partial charge in [0.2, 0.25) is 11.6 Å². The fraction of sp³-hybridized carbons (Fsp3) is 0.0588. The van der Waals surface area contributed by atoms with Gasteiger partial charge in [-0.2, -0.15) is 0 Å². The Morgan fingerprint density at radius 2 is 1.82 bits per heavy atom. The number of pyridine rings is 1. The number of nitrogens with one attached hydrogen (secondary N) is 2. The number of esters is 1. The molecule has 0 saturated carbocycles. The van der Waals surface area contributed by atoms with Gasteiger partial charge in [0, 0.05) is 6.20 Å². The second-order valence-electron chi connectivity index (χ2n) is 5.33. The van der Waals surface area contributed by atoms with E-state index in [2.05, 4.69) is 25.6 Å². The van der Waals surface area contributed by atoms with Crippen LogP contribution in [0.3, 0.4) is 0 Å². The average Bonchev–Trinajstić information content (AvgIpc) is 2.69. The highest BCUT2D eigenvalue weighted by atomic mass is 35.5. The Labute approximate surface area is 163 Å². The maximum atomic E-state index is 11.9. The Hall–Kier alpha value is -3.79. The summed E-state index contributed by atoms with van der Waals surface area (Å²) in [6.07, 6.45) is 2.54. The molecule has 0 aliphatic rings. The van der Waals surface area contributed by atoms with E-state index < -0.39 is 16.6 Å². The molecular weight excluding hydrogens is 388 g/mol. The molecule has 3 rings (SSSR count). The van der Waals surface area contributed by atoms with Crippen LogP contribution in [0.2, 0.25) is 5.02 Å². The number of rotatable bonds is 6. The van der Waals surface area contributed by atoms with Crippen LogP contribution in [0.25, 0.3) is 0 Å². The number of benzene rings is 1. The lowest BCUT2D eigenvalue weighted by Gasteiger charge is -2.12. The molecule has 28 heavy (non-hydrogen) atoms. The number of nitrogens with zero attached hydrogens (tertiary/aromatic N) is 4. The van der Waals surface area contributed by atoms with E-state index in [0.29, 0.717) is 16.5 Å². The molecule has 3 aromatic rings. The number of halogens is 1. The van der Waals surface area contributed by atoms with Gasteiger partial charge in [-0.05, 0) is 24.3 Å². The second kappa shape index (κ2) is 8.27. The summed E-state index contributed by atoms with van der Waals surface area (Å²) in [7, 11) is 1.24. The lowest BCUT2D eigenvalue weighted by Crippen LogP contribution is -2.09. The molecular formula is C17H13ClN6O4. The Morgan fingerprint density at radius 3 is 2.46 bits per heavy atom. The van der Waals surface area contributed by atoms with Crippen LogP contribution in [0.5, 0.6) is 0 Å². The molecule has 0 atom stereocenters. The van der Waals surface area contributed by atoms with Crippen molar-refractivity contribution in [2.24, 2.45) is 0 Å². The number of aromatic nitrogens is 3. The van der Waals surface area contributed by atoms with Crippen LogP contribution in [-0.4, -0.2) is 33.0 Å². The second-order valence-corrected chi connectivity index (χ2v) is 5.76. The summed E-state index contributed by atoms with van der Waals surface area (Å²) in [5, 5.41) is 17.6. The van der Waals surface area contributed by atoms with Crippen LogP contribution in [0.1, 0.15) is 10.4 Å². The Bertz CT molecular complexity index is 1030. The number of carbonyl (C=O) groups excluding carboxylic acids is 1. The van der Waals surface area contributed by atoms with Gasteiger partial charge >= 0.3 is 11.7 Å². The van der Waals surface area contributed by atoms with Gasteiger partial charge in [0.25, 0.3) is 0 Å². The maximum Gasteiger partial charge on any atom is 0.353 e. The van der Waals surface area contributed by atoms with Crippen molar-refractivity contribution in [1.82, 2.24) is 15.0 Å². The largest absolute Gasteiger partial charge is 0.465 e. The summed E-state index contributed by atoms with van der Waals surface area (Å²) in [5.74, 6) is -0.462. The number of carbonyl (C=O) groups is 1. The van der Waals surface area contributed by atoms with Crippen molar-refractivity contribution in [3.05, 3.63) is 69.6 Å². The van der Waals surface area contributed by atoms with Crippen molar-refractivity contribution in [3.8, 4) is 0 Å². The number of nitro groups is 1. The molecule has 0 aliphatic carbocycles. The minimum atomic E-state index is -0.638. The zero-order valence-electron chi connectivity index (χ0n) is 14.4. The summed E-state index contributed by atoms with van der Waals surface area (Å²) in [5.41, 5.74) is 0.0809. The van der Waals surface area contributed by atoms with Gasteiger partial charge in [0.1, 0.15) is 12.1 Å². The number of methoxy groups -OCH3 is 1. The molecule has 2 N–H and O–H groups in total. The lowest BCUT2D eigenvalue weighted by molar-refractivity contribution is -0.383. The summed E-state index contributed by atoms with van der Waals surface area (Å²) >= 11 is 5.79. The number of para-hydroxylation sites is 1. The summed E-state index contributed by atoms with van der Waals surface area (Å²) in [4.78, 5) is 34.8. The number of ether oxygens (including phenoxy) is 1. The molecule has 0 fully saturated rings. The molecule has 0 saturated heterocycles. The predicted octanol–water partition coefficient (Wildman–Crippen LogP) is 3.71. The third-order valence-corrected chi connectivity index (χ3v) is 3.79. The molecule has 0 aliphatic heterocycles. The minimum absolute atomic E-state index is 0.0760. The van der Waals surface area contributed by atoms with Crippen molar-refractivity contribution in [1.29, 1.82) is 0 Å². The normalized spacial score (nSPS) is 10.2. The summed E-state index contributed by atoms with van der Waals surface area (Å²) in [6.45, 7) is 0. The van der Waals surface area contributed by atoms with Gasteiger partial charge in [-0.1, -0.05) is 23.7 Å². The van der Waals surface area contributed by atoms with Crippen molar-refractivity contribution in [3.63, 3.8) is 0 Å². The molecule has 2 heterocycles. The van der Waals surface area contributed by atoms with Crippen LogP contribution < -0.4 is 10.6 Å². The molecule has 0 radical (unpaired) electrons. The molecule has 0 bridgehead atoms. The van der Waals surface area contributed by atoms with E-state index in [1.807, 2.05) is 0 Å². The van der Waals surface area contributed by atoms with Crippen molar-refractivity contribution < 1.29 is 14.5 Å². The number of hydrogen-bond acceptors (Lipinski definition) is 9. The highest BCUT2D eigenvalue weighted by Crippen LogP contribution is 2.33. The first kappa shape index (κ1) is 19.0. The van der Waals surface area contributed by atoms with Gasteiger partial charge in [-0.15, -0.1) is 0 Å². The Kier molecular flexibility index (Phi) is 5.61. The van der Waals surface area contributed by atoms with E-state index in [-0.39, 0.29) is 17.2 Å². The highest BCUT2D eigenvalue weighted by molar-refractivity contribution is 6.30. The summed E-state index contributed by atoms with van der Waals surface area (Å²) in [6, 6.07) is 9.54. The van der Waals surface area contributed by atoms with E-state index in [0.717, 1.165) is 6.33 Å². The topological polar surface area (TPSA) is 132 Å². The molecule has 142 valence electrons. The van der Waals surface area contributed by atoms with E-state index >= 15 is 0 Å². The molecule has 10 nitrogen and oxygen atoms in total. The molecule has 0 amide bonds. The monoisotopic (exact) mass is 400 g/mol. The smallest absolute Gasteiger partial charge is 0.353 e. The first-order chi connectivity index (χ1) is 13.5. The molecule has 11 heteroatoms. The number of hydrogen-bond donors (Lipinski definition) is 2. The summed E-state index contributed by atoms with van der Waals surface area (Å²) < 4.78 is 4.73. The Morgan fingerprint density at radius 1 is 1.11 bits per heavy atom. The van der Waals surface area contributed by atoms with Gasteiger partial charge in [-0.25, -0.2) is 19.7 Å². The lowest BCUT2D eigenvalue weighted by atomic mass is 10.2. The zero-order valence-corrected chi connectivity index (χ0v) is 15.2. The maximum absolute atomic E-state index is 11.9. The van der Waals surface area contributed by atoms with E-state index in [9.17, 15) is 14.9 Å². The predicted molar refractivity (Wildman–Crippen MR) is 102 cm³/mol. The first-order valence-corrected chi connectivity index (χ1v) is 8.19. The highest BCUT2D eigenvalue weighted by Gasteiger charge is 2.25. The van der Waals surface area contributed by atoms with Gasteiger partial charge in [0.15, 0.2) is 0 Å². The Balaban J connectivity index is 2.00. The van der Waals surface area contributed by atoms with Crippen LogP contribution >= 0.6 is 11.6 Å².